The van der Waals surface area contributed by atoms with Crippen LogP contribution in [0.5, 0.6) is 5.75 Å². The summed E-state index contributed by atoms with van der Waals surface area (Å²) < 4.78 is 81.2. The van der Waals surface area contributed by atoms with Gasteiger partial charge in [0.25, 0.3) is 0 Å². The van der Waals surface area contributed by atoms with Crippen molar-refractivity contribution in [2.75, 3.05) is 5.32 Å². The molecule has 2 aromatic carbocycles. The summed E-state index contributed by atoms with van der Waals surface area (Å²) >= 11 is 0. The Morgan fingerprint density at radius 2 is 1.52 bits per heavy atom. The number of benzene rings is 2. The molecule has 2 N–H and O–H groups in total. The van der Waals surface area contributed by atoms with Gasteiger partial charge in [0.2, 0.25) is 0 Å². The van der Waals surface area contributed by atoms with Crippen LogP contribution in [0.15, 0.2) is 48.5 Å². The summed E-state index contributed by atoms with van der Waals surface area (Å²) in [7, 11) is 0. The number of halogens is 6. The Bertz CT molecular complexity index is 858. The number of carbonyl (C=O) groups excluding carboxylic acids is 1. The fraction of sp³-hybridized carbons (Fsp3) is 0.316. The number of amides is 2. The molecule has 4 nitrogen and oxygen atoms in total. The van der Waals surface area contributed by atoms with Crippen LogP contribution in [0, 0.1) is 0 Å². The van der Waals surface area contributed by atoms with Crippen LogP contribution < -0.4 is 15.4 Å². The lowest BCUT2D eigenvalue weighted by Crippen LogP contribution is -2.50. The molecule has 1 aliphatic carbocycles. The van der Waals surface area contributed by atoms with Crippen LogP contribution in [0.2, 0.25) is 0 Å². The van der Waals surface area contributed by atoms with E-state index in [0.29, 0.717) is 12.8 Å². The molecule has 1 saturated carbocycles. The molecule has 0 bridgehead atoms. The van der Waals surface area contributed by atoms with E-state index in [9.17, 15) is 31.1 Å². The van der Waals surface area contributed by atoms with Gasteiger partial charge in [-0.25, -0.2) is 4.79 Å². The molecule has 2 amide bonds. The maximum Gasteiger partial charge on any atom is 0.416 e. The number of alkyl halides is 6. The molecular formula is C19H16F6N2O2. The normalized spacial score (nSPS) is 19.2. The van der Waals surface area contributed by atoms with Gasteiger partial charge in [-0.3, -0.25) is 0 Å². The highest BCUT2D eigenvalue weighted by atomic mass is 19.4. The molecule has 0 unspecified atom stereocenters. The lowest BCUT2D eigenvalue weighted by Gasteiger charge is -2.35. The number of urea groups is 1. The molecule has 1 fully saturated rings. The highest BCUT2D eigenvalue weighted by Crippen LogP contribution is 2.32. The van der Waals surface area contributed by atoms with E-state index in [1.54, 1.807) is 0 Å². The third-order valence-electron chi connectivity index (χ3n) is 4.36. The van der Waals surface area contributed by atoms with Gasteiger partial charge < -0.3 is 15.4 Å². The van der Waals surface area contributed by atoms with Gasteiger partial charge in [-0.15, -0.1) is 0 Å². The van der Waals surface area contributed by atoms with Gasteiger partial charge in [0, 0.05) is 24.6 Å². The van der Waals surface area contributed by atoms with Crippen molar-refractivity contribution in [2.45, 2.75) is 37.3 Å². The van der Waals surface area contributed by atoms with Crippen molar-refractivity contribution in [3.05, 3.63) is 59.7 Å². The second-order valence-corrected chi connectivity index (χ2v) is 6.61. The Hall–Kier alpha value is -2.91. The van der Waals surface area contributed by atoms with E-state index in [4.69, 9.17) is 4.74 Å². The minimum absolute atomic E-state index is 0.00852. The van der Waals surface area contributed by atoms with Crippen molar-refractivity contribution in [1.29, 1.82) is 0 Å². The fourth-order valence-electron chi connectivity index (χ4n) is 2.82. The van der Waals surface area contributed by atoms with Gasteiger partial charge in [-0.2, -0.15) is 26.3 Å². The topological polar surface area (TPSA) is 50.4 Å². The van der Waals surface area contributed by atoms with Crippen LogP contribution in [0.4, 0.5) is 36.8 Å². The molecule has 0 atom stereocenters. The monoisotopic (exact) mass is 418 g/mol. The maximum atomic E-state index is 12.7. The summed E-state index contributed by atoms with van der Waals surface area (Å²) in [5.74, 6) is 0.287. The average Bonchev–Trinajstić information content (AvgIpc) is 2.59. The summed E-state index contributed by atoms with van der Waals surface area (Å²) in [5, 5.41) is 4.95. The van der Waals surface area contributed by atoms with E-state index in [1.165, 1.54) is 24.3 Å². The van der Waals surface area contributed by atoms with Crippen molar-refractivity contribution >= 4 is 11.7 Å². The van der Waals surface area contributed by atoms with E-state index in [0.717, 1.165) is 24.3 Å². The van der Waals surface area contributed by atoms with E-state index in [2.05, 4.69) is 10.6 Å². The highest BCUT2D eigenvalue weighted by molar-refractivity contribution is 5.89. The van der Waals surface area contributed by atoms with Crippen LogP contribution in [-0.2, 0) is 12.4 Å². The lowest BCUT2D eigenvalue weighted by atomic mass is 9.89. The first-order chi connectivity index (χ1) is 13.5. The number of rotatable bonds is 4. The zero-order chi connectivity index (χ0) is 21.2. The van der Waals surface area contributed by atoms with E-state index in [-0.39, 0.29) is 23.6 Å². The molecule has 3 rings (SSSR count). The van der Waals surface area contributed by atoms with E-state index >= 15 is 0 Å². The average molecular weight is 418 g/mol. The van der Waals surface area contributed by atoms with Crippen molar-refractivity contribution in [3.8, 4) is 5.75 Å². The Morgan fingerprint density at radius 3 is 2.10 bits per heavy atom. The summed E-state index contributed by atoms with van der Waals surface area (Å²) in [4.78, 5) is 11.9. The first-order valence-corrected chi connectivity index (χ1v) is 8.59. The van der Waals surface area contributed by atoms with Gasteiger partial charge >= 0.3 is 18.4 Å². The third kappa shape index (κ3) is 5.55. The third-order valence-corrected chi connectivity index (χ3v) is 4.36. The minimum Gasteiger partial charge on any atom is -0.490 e. The van der Waals surface area contributed by atoms with E-state index < -0.39 is 29.5 Å². The lowest BCUT2D eigenvalue weighted by molar-refractivity contribution is -0.138. The summed E-state index contributed by atoms with van der Waals surface area (Å²) in [6.45, 7) is 0. The van der Waals surface area contributed by atoms with Crippen molar-refractivity contribution < 1.29 is 35.9 Å². The number of hydrogen-bond acceptors (Lipinski definition) is 2. The highest BCUT2D eigenvalue weighted by Gasteiger charge is 2.34. The summed E-state index contributed by atoms with van der Waals surface area (Å²) in [6.07, 6.45) is -8.35. The van der Waals surface area contributed by atoms with Gasteiger partial charge in [0.1, 0.15) is 11.9 Å². The van der Waals surface area contributed by atoms with Gasteiger partial charge in [-0.1, -0.05) is 6.07 Å². The van der Waals surface area contributed by atoms with Gasteiger partial charge in [0.05, 0.1) is 11.1 Å². The molecule has 0 spiro atoms. The van der Waals surface area contributed by atoms with Crippen molar-refractivity contribution in [1.82, 2.24) is 5.32 Å². The number of nitrogens with one attached hydrogen (secondary N) is 2. The predicted octanol–water partition coefficient (Wildman–Crippen LogP) is 5.46. The Morgan fingerprint density at radius 1 is 0.897 bits per heavy atom. The maximum absolute atomic E-state index is 12.7. The minimum atomic E-state index is -4.51. The zero-order valence-electron chi connectivity index (χ0n) is 14.8. The molecular weight excluding hydrogens is 402 g/mol. The molecule has 0 aliphatic heterocycles. The summed E-state index contributed by atoms with van der Waals surface area (Å²) in [5.41, 5.74) is -1.64. The first kappa shape index (κ1) is 20.8. The Balaban J connectivity index is 1.44. The standard InChI is InChI=1S/C19H16F6N2O2/c20-18(21,22)11-4-6-15(7-5-11)29-16-9-14(10-16)27-17(28)26-13-3-1-2-12(8-13)19(23,24)25/h1-8,14,16H,9-10H2,(H2,26,27,28)/t14-,16+. The second kappa shape index (κ2) is 7.84. The van der Waals surface area contributed by atoms with Gasteiger partial charge in [-0.05, 0) is 42.5 Å². The summed E-state index contributed by atoms with van der Waals surface area (Å²) in [6, 6.07) is 7.66. The van der Waals surface area contributed by atoms with E-state index in [1.807, 2.05) is 0 Å². The number of anilines is 1. The first-order valence-electron chi connectivity index (χ1n) is 8.59. The Labute approximate surface area is 161 Å². The number of hydrogen-bond donors (Lipinski definition) is 2. The zero-order valence-corrected chi connectivity index (χ0v) is 14.8. The van der Waals surface area contributed by atoms with Crippen LogP contribution in [-0.4, -0.2) is 18.2 Å². The molecule has 156 valence electrons. The molecule has 0 radical (unpaired) electrons. The molecule has 29 heavy (non-hydrogen) atoms. The second-order valence-electron chi connectivity index (χ2n) is 6.61. The molecule has 1 aliphatic rings. The smallest absolute Gasteiger partial charge is 0.416 e. The van der Waals surface area contributed by atoms with Gasteiger partial charge in [0.15, 0.2) is 0 Å². The van der Waals surface area contributed by atoms with Crippen LogP contribution >= 0.6 is 0 Å². The van der Waals surface area contributed by atoms with Crippen LogP contribution in [0.25, 0.3) is 0 Å². The number of carbonyl (C=O) groups is 1. The van der Waals surface area contributed by atoms with Crippen molar-refractivity contribution in [2.24, 2.45) is 0 Å². The number of ether oxygens (including phenoxy) is 1. The SMILES string of the molecule is O=C(Nc1cccc(C(F)(F)F)c1)N[C@H]1C[C@@H](Oc2ccc(C(F)(F)F)cc2)C1. The molecule has 10 heteroatoms. The van der Waals surface area contributed by atoms with Crippen LogP contribution in [0.3, 0.4) is 0 Å². The quantitative estimate of drug-likeness (QED) is 0.649. The van der Waals surface area contributed by atoms with Crippen LogP contribution in [0.1, 0.15) is 24.0 Å². The largest absolute Gasteiger partial charge is 0.490 e. The van der Waals surface area contributed by atoms with Crippen molar-refractivity contribution in [3.63, 3.8) is 0 Å². The molecule has 0 heterocycles. The fourth-order valence-corrected chi connectivity index (χ4v) is 2.82. The predicted molar refractivity (Wildman–Crippen MR) is 92.5 cm³/mol. The molecule has 2 aromatic rings. The Kier molecular flexibility index (Phi) is 5.63. The molecule has 0 saturated heterocycles. The molecule has 0 aromatic heterocycles.